The highest BCUT2D eigenvalue weighted by Crippen LogP contribution is 2.33. The van der Waals surface area contributed by atoms with Crippen LogP contribution in [0.2, 0.25) is 0 Å². The number of para-hydroxylation sites is 1. The van der Waals surface area contributed by atoms with E-state index in [-0.39, 0.29) is 5.56 Å². The first-order chi connectivity index (χ1) is 16.2. The average molecular weight is 439 g/mol. The lowest BCUT2D eigenvalue weighted by atomic mass is 10.1. The number of hydrogen-bond acceptors (Lipinski definition) is 6. The normalized spacial score (nSPS) is 13.4. The summed E-state index contributed by atoms with van der Waals surface area (Å²) in [6.07, 6.45) is 5.03. The van der Waals surface area contributed by atoms with Gasteiger partial charge in [0, 0.05) is 24.4 Å². The number of hydrogen-bond donors (Lipinski definition) is 0. The molecule has 0 spiro atoms. The topological polar surface area (TPSA) is 83.5 Å². The smallest absolute Gasteiger partial charge is 0.266 e. The Balaban J connectivity index is 1.48. The molecule has 0 saturated carbocycles. The number of fused-ring (bicyclic) bond motifs is 4. The third-order valence-electron chi connectivity index (χ3n) is 5.87. The standard InChI is InChI=1S/C25H21N5O3/c1-2-16-6-3-4-7-19(16)29-11-10-20-18(24(29)31)15-26-25-27-23(28-30(20)25)17-8-9-21-22(14-17)33-13-5-12-32-21/h3-4,6-11,14-15H,2,5,12-13H2,1H3. The number of benzene rings is 2. The highest BCUT2D eigenvalue weighted by molar-refractivity contribution is 5.79. The van der Waals surface area contributed by atoms with Crippen LogP contribution >= 0.6 is 0 Å². The number of nitrogens with zero attached hydrogens (tertiary/aromatic N) is 5. The van der Waals surface area contributed by atoms with Gasteiger partial charge in [-0.05, 0) is 42.3 Å². The van der Waals surface area contributed by atoms with Gasteiger partial charge in [-0.3, -0.25) is 9.36 Å². The molecule has 0 fully saturated rings. The van der Waals surface area contributed by atoms with Crippen LogP contribution in [-0.2, 0) is 6.42 Å². The van der Waals surface area contributed by atoms with E-state index in [1.807, 2.05) is 48.5 Å². The van der Waals surface area contributed by atoms with E-state index < -0.39 is 0 Å². The SMILES string of the molecule is CCc1ccccc1-n1ccc2c(cnc3nc(-c4ccc5c(c4)OCCCO5)nn32)c1=O. The summed E-state index contributed by atoms with van der Waals surface area (Å²) in [5.74, 6) is 2.33. The molecular weight excluding hydrogens is 418 g/mol. The van der Waals surface area contributed by atoms with E-state index in [0.717, 1.165) is 35.4 Å². The quantitative estimate of drug-likeness (QED) is 0.425. The zero-order valence-electron chi connectivity index (χ0n) is 18.1. The molecular formula is C25H21N5O3. The summed E-state index contributed by atoms with van der Waals surface area (Å²) in [5.41, 5.74) is 3.28. The van der Waals surface area contributed by atoms with Gasteiger partial charge in [0.1, 0.15) is 0 Å². The van der Waals surface area contributed by atoms with Crippen LogP contribution in [0.4, 0.5) is 0 Å². The molecule has 0 unspecified atom stereocenters. The van der Waals surface area contributed by atoms with Gasteiger partial charge in [-0.1, -0.05) is 25.1 Å². The van der Waals surface area contributed by atoms with Gasteiger partial charge in [-0.2, -0.15) is 9.50 Å². The fourth-order valence-corrected chi connectivity index (χ4v) is 4.18. The van der Waals surface area contributed by atoms with Crippen LogP contribution in [0.15, 0.2) is 65.7 Å². The molecule has 0 amide bonds. The van der Waals surface area contributed by atoms with E-state index in [4.69, 9.17) is 9.47 Å². The van der Waals surface area contributed by atoms with Gasteiger partial charge < -0.3 is 9.47 Å². The Hall–Kier alpha value is -4.20. The van der Waals surface area contributed by atoms with E-state index in [2.05, 4.69) is 22.0 Å². The molecule has 2 aromatic carbocycles. The molecule has 0 aliphatic carbocycles. The number of aromatic nitrogens is 5. The van der Waals surface area contributed by atoms with Crippen LogP contribution in [0.25, 0.3) is 33.8 Å². The maximum absolute atomic E-state index is 13.3. The maximum atomic E-state index is 13.3. The second kappa shape index (κ2) is 7.74. The first kappa shape index (κ1) is 19.5. The predicted molar refractivity (Wildman–Crippen MR) is 124 cm³/mol. The monoisotopic (exact) mass is 439 g/mol. The first-order valence-electron chi connectivity index (χ1n) is 11.0. The summed E-state index contributed by atoms with van der Waals surface area (Å²) in [6, 6.07) is 15.4. The Labute approximate surface area is 189 Å². The van der Waals surface area contributed by atoms with Crippen molar-refractivity contribution in [2.75, 3.05) is 13.2 Å². The fraction of sp³-hybridized carbons (Fsp3) is 0.200. The van der Waals surface area contributed by atoms with Gasteiger partial charge in [-0.15, -0.1) is 5.10 Å². The second-order valence-electron chi connectivity index (χ2n) is 7.89. The van der Waals surface area contributed by atoms with Gasteiger partial charge >= 0.3 is 0 Å². The van der Waals surface area contributed by atoms with Crippen LogP contribution < -0.4 is 15.0 Å². The Morgan fingerprint density at radius 2 is 1.88 bits per heavy atom. The minimum Gasteiger partial charge on any atom is -0.490 e. The second-order valence-corrected chi connectivity index (χ2v) is 7.89. The van der Waals surface area contributed by atoms with Crippen LogP contribution in [-0.4, -0.2) is 37.4 Å². The summed E-state index contributed by atoms with van der Waals surface area (Å²) < 4.78 is 14.8. The van der Waals surface area contributed by atoms with E-state index >= 15 is 0 Å². The van der Waals surface area contributed by atoms with Crippen molar-refractivity contribution in [1.82, 2.24) is 24.1 Å². The third-order valence-corrected chi connectivity index (χ3v) is 5.87. The molecule has 33 heavy (non-hydrogen) atoms. The van der Waals surface area contributed by atoms with Crippen molar-refractivity contribution < 1.29 is 9.47 Å². The summed E-state index contributed by atoms with van der Waals surface area (Å²) in [4.78, 5) is 22.3. The number of aryl methyl sites for hydroxylation is 1. The minimum absolute atomic E-state index is 0.143. The molecule has 3 aromatic heterocycles. The molecule has 0 N–H and O–H groups in total. The molecule has 8 heteroatoms. The number of ether oxygens (including phenoxy) is 2. The van der Waals surface area contributed by atoms with Crippen molar-refractivity contribution in [2.24, 2.45) is 0 Å². The Morgan fingerprint density at radius 3 is 2.76 bits per heavy atom. The molecule has 0 bridgehead atoms. The van der Waals surface area contributed by atoms with Crippen LogP contribution in [0.5, 0.6) is 11.5 Å². The van der Waals surface area contributed by atoms with Crippen molar-refractivity contribution in [2.45, 2.75) is 19.8 Å². The van der Waals surface area contributed by atoms with E-state index in [9.17, 15) is 4.79 Å². The van der Waals surface area contributed by atoms with Crippen molar-refractivity contribution in [1.29, 1.82) is 0 Å². The maximum Gasteiger partial charge on any atom is 0.266 e. The Kier molecular flexibility index (Phi) is 4.57. The molecule has 0 radical (unpaired) electrons. The summed E-state index contributed by atoms with van der Waals surface area (Å²) in [5, 5.41) is 5.14. The van der Waals surface area contributed by atoms with E-state index in [1.54, 1.807) is 21.5 Å². The largest absolute Gasteiger partial charge is 0.490 e. The lowest BCUT2D eigenvalue weighted by molar-refractivity contribution is 0.297. The minimum atomic E-state index is -0.143. The van der Waals surface area contributed by atoms with E-state index in [1.165, 1.54) is 0 Å². The molecule has 0 atom stereocenters. The fourth-order valence-electron chi connectivity index (χ4n) is 4.18. The molecule has 8 nitrogen and oxygen atoms in total. The molecule has 4 heterocycles. The molecule has 5 aromatic rings. The van der Waals surface area contributed by atoms with Crippen LogP contribution in [0.1, 0.15) is 18.9 Å². The molecule has 1 aliphatic heterocycles. The zero-order chi connectivity index (χ0) is 22.4. The van der Waals surface area contributed by atoms with Crippen molar-refractivity contribution in [3.05, 3.63) is 76.8 Å². The van der Waals surface area contributed by atoms with Gasteiger partial charge in [0.2, 0.25) is 0 Å². The van der Waals surface area contributed by atoms with E-state index in [0.29, 0.717) is 41.5 Å². The highest BCUT2D eigenvalue weighted by Gasteiger charge is 2.16. The van der Waals surface area contributed by atoms with Crippen molar-refractivity contribution >= 4 is 16.7 Å². The van der Waals surface area contributed by atoms with Crippen LogP contribution in [0, 0.1) is 0 Å². The molecule has 0 saturated heterocycles. The predicted octanol–water partition coefficient (Wildman–Crippen LogP) is 3.82. The van der Waals surface area contributed by atoms with Crippen LogP contribution in [0.3, 0.4) is 0 Å². The summed E-state index contributed by atoms with van der Waals surface area (Å²) in [7, 11) is 0. The highest BCUT2D eigenvalue weighted by atomic mass is 16.5. The van der Waals surface area contributed by atoms with Crippen molar-refractivity contribution in [3.63, 3.8) is 0 Å². The van der Waals surface area contributed by atoms with Crippen molar-refractivity contribution in [3.8, 4) is 28.6 Å². The number of rotatable bonds is 3. The first-order valence-corrected chi connectivity index (χ1v) is 11.0. The van der Waals surface area contributed by atoms with Gasteiger partial charge in [-0.25, -0.2) is 4.98 Å². The molecule has 6 rings (SSSR count). The lowest BCUT2D eigenvalue weighted by Crippen LogP contribution is -2.20. The van der Waals surface area contributed by atoms with Gasteiger partial charge in [0.15, 0.2) is 17.3 Å². The Morgan fingerprint density at radius 1 is 1.03 bits per heavy atom. The molecule has 164 valence electrons. The Bertz CT molecular complexity index is 1570. The third kappa shape index (κ3) is 3.22. The lowest BCUT2D eigenvalue weighted by Gasteiger charge is -2.11. The zero-order valence-corrected chi connectivity index (χ0v) is 18.1. The van der Waals surface area contributed by atoms with Gasteiger partial charge in [0.05, 0.1) is 29.8 Å². The summed E-state index contributed by atoms with van der Waals surface area (Å²) in [6.45, 7) is 3.32. The molecule has 1 aliphatic rings. The average Bonchev–Trinajstić information content (AvgIpc) is 3.16. The summed E-state index contributed by atoms with van der Waals surface area (Å²) >= 11 is 0. The number of pyridine rings is 1. The van der Waals surface area contributed by atoms with Gasteiger partial charge in [0.25, 0.3) is 11.3 Å².